The number of thiocarbonyl (C=S) groups is 1. The Labute approximate surface area is 58.2 Å². The monoisotopic (exact) mass is 147 g/mol. The number of hydrogen-bond donors (Lipinski definition) is 0. The summed E-state index contributed by atoms with van der Waals surface area (Å²) in [7, 11) is 0. The van der Waals surface area contributed by atoms with E-state index >= 15 is 0 Å². The highest BCUT2D eigenvalue weighted by atomic mass is 32.2. The second kappa shape index (κ2) is 6.59. The third kappa shape index (κ3) is 6.59. The molecule has 0 saturated carbocycles. The SMILES string of the molecule is C=CS[B]SC=S. The number of hydrogen-bond acceptors (Lipinski definition) is 3. The molecule has 0 aliphatic heterocycles. The highest BCUT2D eigenvalue weighted by Gasteiger charge is 1.80. The number of rotatable bonds is 4. The highest BCUT2D eigenvalue weighted by molar-refractivity contribution is 8.57. The Hall–Kier alpha value is 0.595. The van der Waals surface area contributed by atoms with Crippen molar-refractivity contribution in [2.75, 3.05) is 0 Å². The molecule has 0 fully saturated rings. The molecule has 7 heavy (non-hydrogen) atoms. The summed E-state index contributed by atoms with van der Waals surface area (Å²) < 4.78 is 1.61. The first-order chi connectivity index (χ1) is 3.41. The zero-order valence-corrected chi connectivity index (χ0v) is 6.11. The van der Waals surface area contributed by atoms with Gasteiger partial charge in [0.05, 0.1) is 0 Å². The molecule has 0 rings (SSSR count). The van der Waals surface area contributed by atoms with Gasteiger partial charge in [0, 0.05) is 4.70 Å². The molecule has 0 nitrogen and oxygen atoms in total. The van der Waals surface area contributed by atoms with E-state index in [0.717, 1.165) is 0 Å². The van der Waals surface area contributed by atoms with E-state index < -0.39 is 0 Å². The van der Waals surface area contributed by atoms with E-state index in [4.69, 9.17) is 0 Å². The molecule has 0 saturated heterocycles. The molecule has 0 amide bonds. The third-order valence-corrected chi connectivity index (χ3v) is 1.79. The molecule has 0 aliphatic carbocycles. The minimum atomic E-state index is 1.49. The van der Waals surface area contributed by atoms with Gasteiger partial charge in [-0.25, -0.2) is 0 Å². The zero-order valence-electron chi connectivity index (χ0n) is 3.66. The molecule has 0 heterocycles. The molecule has 0 aromatic rings. The van der Waals surface area contributed by atoms with Crippen molar-refractivity contribution in [2.45, 2.75) is 0 Å². The minimum absolute atomic E-state index is 1.49. The van der Waals surface area contributed by atoms with Gasteiger partial charge in [-0.3, -0.25) is 0 Å². The van der Waals surface area contributed by atoms with Gasteiger partial charge in [-0.1, -0.05) is 18.8 Å². The summed E-state index contributed by atoms with van der Waals surface area (Å²) in [6, 6.07) is 0. The van der Waals surface area contributed by atoms with Crippen molar-refractivity contribution in [2.24, 2.45) is 0 Å². The largest absolute Gasteiger partial charge is 0.280 e. The maximum atomic E-state index is 4.52. The molecular weight excluding hydrogens is 143 g/mol. The van der Waals surface area contributed by atoms with Crippen molar-refractivity contribution in [3.05, 3.63) is 12.0 Å². The van der Waals surface area contributed by atoms with E-state index in [1.165, 1.54) is 23.2 Å². The predicted molar refractivity (Wildman–Crippen MR) is 44.8 cm³/mol. The lowest BCUT2D eigenvalue weighted by Crippen LogP contribution is -1.66. The van der Waals surface area contributed by atoms with Crippen LogP contribution in [0.25, 0.3) is 0 Å². The van der Waals surface area contributed by atoms with Crippen LogP contribution in [0.5, 0.6) is 0 Å². The fraction of sp³-hybridized carbons (Fsp3) is 0. The van der Waals surface area contributed by atoms with E-state index in [2.05, 4.69) is 18.8 Å². The molecule has 0 aromatic heterocycles. The Morgan fingerprint density at radius 2 is 2.29 bits per heavy atom. The second-order valence-electron chi connectivity index (χ2n) is 0.631. The van der Waals surface area contributed by atoms with E-state index in [1.807, 2.05) is 5.84 Å². The van der Waals surface area contributed by atoms with Gasteiger partial charge in [0.15, 0.2) is 0 Å². The minimum Gasteiger partial charge on any atom is -0.176 e. The maximum absolute atomic E-state index is 4.52. The van der Waals surface area contributed by atoms with E-state index in [1.54, 1.807) is 10.1 Å². The Morgan fingerprint density at radius 1 is 1.57 bits per heavy atom. The van der Waals surface area contributed by atoms with Gasteiger partial charge in [-0.05, 0) is 5.41 Å². The maximum Gasteiger partial charge on any atom is 0.280 e. The Kier molecular flexibility index (Phi) is 7.16. The molecule has 0 unspecified atom stereocenters. The average Bonchev–Trinajstić information content (AvgIpc) is 1.69. The van der Waals surface area contributed by atoms with Crippen LogP contribution in [0.1, 0.15) is 0 Å². The van der Waals surface area contributed by atoms with Gasteiger partial charge in [-0.2, -0.15) is 23.2 Å². The molecule has 0 atom stereocenters. The smallest absolute Gasteiger partial charge is 0.176 e. The van der Waals surface area contributed by atoms with Gasteiger partial charge < -0.3 is 0 Å². The molecule has 37 valence electrons. The summed E-state index contributed by atoms with van der Waals surface area (Å²) in [5.74, 6) is 1.92. The highest BCUT2D eigenvalue weighted by Crippen LogP contribution is 2.04. The van der Waals surface area contributed by atoms with E-state index in [0.29, 0.717) is 0 Å². The first-order valence-corrected chi connectivity index (χ1v) is 3.94. The van der Waals surface area contributed by atoms with Crippen LogP contribution in [0, 0.1) is 0 Å². The predicted octanol–water partition coefficient (Wildman–Crippen LogP) is 2.09. The van der Waals surface area contributed by atoms with Crippen LogP contribution in [-0.2, 0) is 0 Å². The zero-order chi connectivity index (χ0) is 5.54. The van der Waals surface area contributed by atoms with Crippen LogP contribution in [0.15, 0.2) is 12.0 Å². The quantitative estimate of drug-likeness (QED) is 0.339. The molecule has 1 radical (unpaired) electrons. The molecule has 0 aliphatic rings. The van der Waals surface area contributed by atoms with Crippen LogP contribution in [0.2, 0.25) is 0 Å². The lowest BCUT2D eigenvalue weighted by Gasteiger charge is -1.80. The molecule has 0 aromatic carbocycles. The van der Waals surface area contributed by atoms with Crippen molar-refractivity contribution < 1.29 is 0 Å². The van der Waals surface area contributed by atoms with Crippen molar-refractivity contribution in [3.8, 4) is 0 Å². The van der Waals surface area contributed by atoms with Gasteiger partial charge in [0.25, 0.3) is 5.84 Å². The van der Waals surface area contributed by atoms with Crippen molar-refractivity contribution in [1.29, 1.82) is 0 Å². The van der Waals surface area contributed by atoms with Crippen LogP contribution in [0.3, 0.4) is 0 Å². The first kappa shape index (κ1) is 7.59. The molecule has 4 heteroatoms. The van der Waals surface area contributed by atoms with Crippen molar-refractivity contribution in [3.63, 3.8) is 0 Å². The summed E-state index contributed by atoms with van der Waals surface area (Å²) in [6.07, 6.45) is 0. The standard InChI is InChI=1S/C3H4BS3/c1-2-6-4-7-3-5/h2-3H,1H2. The Morgan fingerprint density at radius 3 is 2.71 bits per heavy atom. The van der Waals surface area contributed by atoms with Crippen LogP contribution in [0.4, 0.5) is 0 Å². The van der Waals surface area contributed by atoms with Crippen molar-refractivity contribution >= 4 is 46.0 Å². The van der Waals surface area contributed by atoms with E-state index in [-0.39, 0.29) is 0 Å². The topological polar surface area (TPSA) is 0 Å². The lowest BCUT2D eigenvalue weighted by molar-refractivity contribution is 2.69. The van der Waals surface area contributed by atoms with E-state index in [9.17, 15) is 0 Å². The second-order valence-corrected chi connectivity index (χ2v) is 3.05. The Bertz CT molecular complexity index is 55.2. The van der Waals surface area contributed by atoms with Gasteiger partial charge in [0.2, 0.25) is 0 Å². The van der Waals surface area contributed by atoms with Crippen LogP contribution < -0.4 is 0 Å². The lowest BCUT2D eigenvalue weighted by atomic mass is 10.7. The Balaban J connectivity index is 2.68. The normalized spacial score (nSPS) is 7.43. The molecule has 0 N–H and O–H groups in total. The first-order valence-electron chi connectivity index (χ1n) is 1.59. The average molecular weight is 147 g/mol. The molecule has 0 bridgehead atoms. The summed E-state index contributed by atoms with van der Waals surface area (Å²) in [4.78, 5) is 0. The molecule has 0 spiro atoms. The fourth-order valence-corrected chi connectivity index (χ4v) is 1.25. The van der Waals surface area contributed by atoms with Crippen LogP contribution in [-0.4, -0.2) is 10.5 Å². The summed E-state index contributed by atoms with van der Waals surface area (Å²) in [5.41, 5.74) is 0. The van der Waals surface area contributed by atoms with Crippen molar-refractivity contribution in [1.82, 2.24) is 0 Å². The van der Waals surface area contributed by atoms with Gasteiger partial charge in [0.1, 0.15) is 0 Å². The fourth-order valence-electron chi connectivity index (χ4n) is 0.0940. The summed E-state index contributed by atoms with van der Waals surface area (Å²) >= 11 is 7.55. The summed E-state index contributed by atoms with van der Waals surface area (Å²) in [5, 5.41) is 1.76. The third-order valence-electron chi connectivity index (χ3n) is 0.263. The van der Waals surface area contributed by atoms with Crippen LogP contribution >= 0.6 is 35.4 Å². The van der Waals surface area contributed by atoms with Gasteiger partial charge in [-0.15, -0.1) is 0 Å². The van der Waals surface area contributed by atoms with Gasteiger partial charge >= 0.3 is 0 Å². The summed E-state index contributed by atoms with van der Waals surface area (Å²) in [6.45, 7) is 3.50. The molecular formula is C3H4BS3.